The van der Waals surface area contributed by atoms with Gasteiger partial charge in [-0.2, -0.15) is 0 Å². The van der Waals surface area contributed by atoms with E-state index in [-0.39, 0.29) is 5.82 Å². The fourth-order valence-electron chi connectivity index (χ4n) is 1.74. The quantitative estimate of drug-likeness (QED) is 0.745. The first-order valence-electron chi connectivity index (χ1n) is 5.07. The van der Waals surface area contributed by atoms with E-state index in [4.69, 9.17) is 5.64 Å². The van der Waals surface area contributed by atoms with Crippen LogP contribution in [0.1, 0.15) is 16.9 Å². The molecule has 0 amide bonds. The van der Waals surface area contributed by atoms with Crippen molar-refractivity contribution >= 4 is 7.41 Å². The normalized spacial score (nSPS) is 10.3. The summed E-state index contributed by atoms with van der Waals surface area (Å²) in [6, 6.07) is 20.6. The van der Waals surface area contributed by atoms with Gasteiger partial charge in [-0.3, -0.25) is 0 Å². The average molecular weight is 194 g/mol. The van der Waals surface area contributed by atoms with Crippen molar-refractivity contribution in [3.05, 3.63) is 71.8 Å². The van der Waals surface area contributed by atoms with Gasteiger partial charge in [-0.05, 0) is 16.9 Å². The van der Waals surface area contributed by atoms with Crippen LogP contribution >= 0.6 is 0 Å². The summed E-state index contributed by atoms with van der Waals surface area (Å²) in [6.07, 6.45) is 0. The summed E-state index contributed by atoms with van der Waals surface area (Å²) in [5.74, 6) is 0.187. The summed E-state index contributed by atoms with van der Waals surface area (Å²) >= 11 is 0. The number of hydrogen-bond acceptors (Lipinski definition) is 1. The molecule has 0 unspecified atom stereocenters. The Morgan fingerprint density at radius 2 is 1.13 bits per heavy atom. The van der Waals surface area contributed by atoms with E-state index in [2.05, 4.69) is 24.3 Å². The van der Waals surface area contributed by atoms with Crippen molar-refractivity contribution in [2.45, 2.75) is 5.82 Å². The van der Waals surface area contributed by atoms with Crippen molar-refractivity contribution < 1.29 is 0 Å². The second-order valence-corrected chi connectivity index (χ2v) is 3.49. The predicted octanol–water partition coefficient (Wildman–Crippen LogP) is 2.35. The van der Waals surface area contributed by atoms with E-state index < -0.39 is 0 Å². The van der Waals surface area contributed by atoms with Crippen molar-refractivity contribution in [1.29, 1.82) is 0 Å². The van der Waals surface area contributed by atoms with E-state index in [1.807, 2.05) is 36.4 Å². The number of rotatable bonds is 3. The lowest BCUT2D eigenvalue weighted by Gasteiger charge is -2.14. The lowest BCUT2D eigenvalue weighted by molar-refractivity contribution is 1.12. The summed E-state index contributed by atoms with van der Waals surface area (Å²) in [6.45, 7) is 0. The van der Waals surface area contributed by atoms with E-state index in [9.17, 15) is 0 Å². The zero-order chi connectivity index (χ0) is 10.5. The summed E-state index contributed by atoms with van der Waals surface area (Å²) in [5.41, 5.74) is 8.17. The van der Waals surface area contributed by atoms with Crippen LogP contribution < -0.4 is 5.64 Å². The van der Waals surface area contributed by atoms with E-state index in [0.29, 0.717) is 0 Å². The second kappa shape index (κ2) is 4.81. The minimum atomic E-state index is 0.187. The Morgan fingerprint density at radius 1 is 0.733 bits per heavy atom. The lowest BCUT2D eigenvalue weighted by Crippen LogP contribution is -2.18. The van der Waals surface area contributed by atoms with Gasteiger partial charge in [0.15, 0.2) is 0 Å². The van der Waals surface area contributed by atoms with Gasteiger partial charge in [-0.15, -0.1) is 0 Å². The van der Waals surface area contributed by atoms with Gasteiger partial charge in [0.05, 0.1) is 0 Å². The Kier molecular flexibility index (Phi) is 3.20. The van der Waals surface area contributed by atoms with Crippen LogP contribution in [-0.2, 0) is 0 Å². The largest absolute Gasteiger partial charge is 0.374 e. The van der Waals surface area contributed by atoms with Crippen molar-refractivity contribution in [1.82, 2.24) is 0 Å². The predicted molar refractivity (Wildman–Crippen MR) is 64.7 cm³/mol. The SMILES string of the molecule is N[B]C(c1ccccc1)c1ccccc1. The molecule has 0 fully saturated rings. The van der Waals surface area contributed by atoms with Gasteiger partial charge >= 0.3 is 0 Å². The second-order valence-electron chi connectivity index (χ2n) is 3.49. The Hall–Kier alpha value is -1.54. The van der Waals surface area contributed by atoms with Crippen LogP contribution in [0.15, 0.2) is 60.7 Å². The lowest BCUT2D eigenvalue weighted by atomic mass is 9.68. The topological polar surface area (TPSA) is 26.0 Å². The van der Waals surface area contributed by atoms with Crippen molar-refractivity contribution in [2.24, 2.45) is 5.64 Å². The van der Waals surface area contributed by atoms with Gasteiger partial charge in [-0.25, -0.2) is 0 Å². The molecule has 2 aromatic carbocycles. The van der Waals surface area contributed by atoms with Crippen molar-refractivity contribution in [3.63, 3.8) is 0 Å². The first-order valence-corrected chi connectivity index (χ1v) is 5.07. The molecule has 1 nitrogen and oxygen atoms in total. The minimum Gasteiger partial charge on any atom is -0.374 e. The van der Waals surface area contributed by atoms with Crippen LogP contribution in [0, 0.1) is 0 Å². The molecule has 0 aromatic heterocycles. The van der Waals surface area contributed by atoms with Crippen LogP contribution in [0.2, 0.25) is 0 Å². The van der Waals surface area contributed by atoms with Crippen LogP contribution in [-0.4, -0.2) is 7.41 Å². The maximum Gasteiger partial charge on any atom is 0.215 e. The molecule has 0 atom stereocenters. The first kappa shape index (κ1) is 10.00. The average Bonchev–Trinajstić information content (AvgIpc) is 2.33. The molecule has 2 aromatic rings. The molecule has 73 valence electrons. The molecule has 2 N–H and O–H groups in total. The molecule has 0 aliphatic carbocycles. The molecular weight excluding hydrogens is 181 g/mol. The molecule has 0 saturated heterocycles. The highest BCUT2D eigenvalue weighted by molar-refractivity contribution is 6.34. The van der Waals surface area contributed by atoms with Gasteiger partial charge < -0.3 is 5.64 Å². The van der Waals surface area contributed by atoms with E-state index in [1.165, 1.54) is 11.1 Å². The zero-order valence-electron chi connectivity index (χ0n) is 8.51. The fourth-order valence-corrected chi connectivity index (χ4v) is 1.74. The number of nitrogens with two attached hydrogens (primary N) is 1. The minimum absolute atomic E-state index is 0.187. The number of benzene rings is 2. The number of hydrogen-bond donors (Lipinski definition) is 1. The molecule has 0 aliphatic heterocycles. The van der Waals surface area contributed by atoms with Crippen LogP contribution in [0.25, 0.3) is 0 Å². The highest BCUT2D eigenvalue weighted by Crippen LogP contribution is 2.21. The molecule has 2 heteroatoms. The zero-order valence-corrected chi connectivity index (χ0v) is 8.51. The Morgan fingerprint density at radius 3 is 1.47 bits per heavy atom. The van der Waals surface area contributed by atoms with E-state index in [1.54, 1.807) is 7.41 Å². The van der Waals surface area contributed by atoms with Gasteiger partial charge in [0.25, 0.3) is 0 Å². The van der Waals surface area contributed by atoms with Crippen LogP contribution in [0.4, 0.5) is 0 Å². The molecule has 0 aliphatic rings. The molecule has 15 heavy (non-hydrogen) atoms. The summed E-state index contributed by atoms with van der Waals surface area (Å²) in [7, 11) is 1.74. The molecule has 0 bridgehead atoms. The smallest absolute Gasteiger partial charge is 0.215 e. The highest BCUT2D eigenvalue weighted by Gasteiger charge is 2.12. The van der Waals surface area contributed by atoms with Crippen LogP contribution in [0.5, 0.6) is 0 Å². The Balaban J connectivity index is 2.34. The van der Waals surface area contributed by atoms with Gasteiger partial charge in [0.1, 0.15) is 0 Å². The van der Waals surface area contributed by atoms with E-state index in [0.717, 1.165) is 0 Å². The van der Waals surface area contributed by atoms with E-state index >= 15 is 0 Å². The molecule has 2 rings (SSSR count). The van der Waals surface area contributed by atoms with Crippen molar-refractivity contribution in [2.75, 3.05) is 0 Å². The third-order valence-corrected chi connectivity index (χ3v) is 2.51. The molecule has 0 heterocycles. The molecule has 0 saturated carbocycles. The molecule has 0 spiro atoms. The fraction of sp³-hybridized carbons (Fsp3) is 0.0769. The van der Waals surface area contributed by atoms with Crippen molar-refractivity contribution in [3.8, 4) is 0 Å². The summed E-state index contributed by atoms with van der Waals surface area (Å²) in [4.78, 5) is 0. The monoisotopic (exact) mass is 194 g/mol. The van der Waals surface area contributed by atoms with Crippen LogP contribution in [0.3, 0.4) is 0 Å². The summed E-state index contributed by atoms with van der Waals surface area (Å²) in [5, 5.41) is 0. The maximum atomic E-state index is 5.71. The Labute approximate surface area is 91.2 Å². The van der Waals surface area contributed by atoms with Gasteiger partial charge in [0, 0.05) is 0 Å². The standard InChI is InChI=1S/C13H13BN/c15-14-13(11-7-3-1-4-8-11)12-9-5-2-6-10-12/h1-10,13H,15H2. The maximum absolute atomic E-state index is 5.71. The highest BCUT2D eigenvalue weighted by atomic mass is 14.4. The molecular formula is C13H13BN. The first-order chi connectivity index (χ1) is 7.42. The third kappa shape index (κ3) is 2.28. The third-order valence-electron chi connectivity index (χ3n) is 2.51. The van der Waals surface area contributed by atoms with Gasteiger partial charge in [0.2, 0.25) is 7.41 Å². The summed E-state index contributed by atoms with van der Waals surface area (Å²) < 4.78 is 0. The molecule has 1 radical (unpaired) electrons. The van der Waals surface area contributed by atoms with Gasteiger partial charge in [-0.1, -0.05) is 60.7 Å². The Bertz CT molecular complexity index is 360.